The second kappa shape index (κ2) is 4.77. The number of nitrogens with zero attached hydrogens (tertiary/aromatic N) is 1. The minimum Gasteiger partial charge on any atom is -0.344 e. The Labute approximate surface area is 110 Å². The summed E-state index contributed by atoms with van der Waals surface area (Å²) in [7, 11) is 3.89. The quantitative estimate of drug-likeness (QED) is 0.826. The summed E-state index contributed by atoms with van der Waals surface area (Å²) in [5.74, 6) is 4.20. The van der Waals surface area contributed by atoms with Gasteiger partial charge in [-0.3, -0.25) is 4.79 Å². The molecule has 0 aromatic rings. The van der Waals surface area contributed by atoms with E-state index in [4.69, 9.17) is 0 Å². The fraction of sp³-hybridized carbons (Fsp3) is 0.923. The lowest BCUT2D eigenvalue weighted by atomic mass is 10.0. The standard InChI is InChI=1S/C13H22N2O.ClH/c1-14-5-6-15(2)13(16)12-10-8-3-4-9(7-8)11(10)12;/h8-12,14H,3-7H2,1-2H3;1H. The van der Waals surface area contributed by atoms with Gasteiger partial charge in [0.05, 0.1) is 0 Å². The Bertz CT molecular complexity index is 294. The van der Waals surface area contributed by atoms with Crippen molar-refractivity contribution in [1.82, 2.24) is 10.2 Å². The third-order valence-corrected chi connectivity index (χ3v) is 5.09. The predicted molar refractivity (Wildman–Crippen MR) is 70.1 cm³/mol. The molecule has 98 valence electrons. The van der Waals surface area contributed by atoms with E-state index < -0.39 is 0 Å². The molecule has 0 aromatic carbocycles. The summed E-state index contributed by atoms with van der Waals surface area (Å²) >= 11 is 0. The molecule has 0 heterocycles. The van der Waals surface area contributed by atoms with E-state index in [1.807, 2.05) is 19.0 Å². The maximum Gasteiger partial charge on any atom is 0.226 e. The molecule has 0 radical (unpaired) electrons. The van der Waals surface area contributed by atoms with Crippen molar-refractivity contribution in [3.63, 3.8) is 0 Å². The van der Waals surface area contributed by atoms with Crippen LogP contribution in [0, 0.1) is 29.6 Å². The highest BCUT2D eigenvalue weighted by atomic mass is 35.5. The minimum atomic E-state index is 0. The van der Waals surface area contributed by atoms with Crippen LogP contribution >= 0.6 is 12.4 Å². The van der Waals surface area contributed by atoms with Crippen molar-refractivity contribution < 1.29 is 4.79 Å². The van der Waals surface area contributed by atoms with Crippen molar-refractivity contribution in [1.29, 1.82) is 0 Å². The van der Waals surface area contributed by atoms with E-state index in [0.717, 1.165) is 36.8 Å². The molecule has 17 heavy (non-hydrogen) atoms. The number of rotatable bonds is 4. The number of carbonyl (C=O) groups is 1. The van der Waals surface area contributed by atoms with Crippen LogP contribution in [0.2, 0.25) is 0 Å². The van der Waals surface area contributed by atoms with Crippen LogP contribution in [0.3, 0.4) is 0 Å². The van der Waals surface area contributed by atoms with Gasteiger partial charge in [-0.15, -0.1) is 12.4 Å². The molecule has 1 amide bonds. The van der Waals surface area contributed by atoms with E-state index >= 15 is 0 Å². The van der Waals surface area contributed by atoms with Gasteiger partial charge < -0.3 is 10.2 Å². The van der Waals surface area contributed by atoms with E-state index in [9.17, 15) is 4.79 Å². The highest BCUT2D eigenvalue weighted by Crippen LogP contribution is 2.69. The maximum atomic E-state index is 12.2. The number of carbonyl (C=O) groups excluding carboxylic acids is 1. The Morgan fingerprint density at radius 1 is 1.29 bits per heavy atom. The first-order valence-electron chi connectivity index (χ1n) is 6.63. The number of halogens is 1. The summed E-state index contributed by atoms with van der Waals surface area (Å²) in [5, 5.41) is 3.10. The van der Waals surface area contributed by atoms with Crippen LogP contribution in [-0.4, -0.2) is 38.0 Å². The zero-order valence-corrected chi connectivity index (χ0v) is 11.5. The number of hydrogen-bond acceptors (Lipinski definition) is 2. The highest BCUT2D eigenvalue weighted by molar-refractivity contribution is 5.85. The Balaban J connectivity index is 0.00000108. The molecule has 4 heteroatoms. The van der Waals surface area contributed by atoms with Crippen LogP contribution in [0.1, 0.15) is 19.3 Å². The van der Waals surface area contributed by atoms with Gasteiger partial charge >= 0.3 is 0 Å². The maximum absolute atomic E-state index is 12.2. The Kier molecular flexibility index (Phi) is 3.69. The fourth-order valence-corrected chi connectivity index (χ4v) is 4.30. The SMILES string of the molecule is CNCCN(C)C(=O)C1C2C3CCC(C3)C12.Cl. The van der Waals surface area contributed by atoms with Crippen LogP contribution in [0.25, 0.3) is 0 Å². The van der Waals surface area contributed by atoms with Crippen molar-refractivity contribution in [3.8, 4) is 0 Å². The molecule has 0 aromatic heterocycles. The Morgan fingerprint density at radius 2 is 1.88 bits per heavy atom. The molecule has 4 unspecified atom stereocenters. The molecule has 3 aliphatic carbocycles. The van der Waals surface area contributed by atoms with Crippen molar-refractivity contribution >= 4 is 18.3 Å². The zero-order chi connectivity index (χ0) is 11.3. The largest absolute Gasteiger partial charge is 0.344 e. The molecule has 3 fully saturated rings. The fourth-order valence-electron chi connectivity index (χ4n) is 4.30. The normalized spacial score (nSPS) is 40.7. The molecule has 2 bridgehead atoms. The Hall–Kier alpha value is -0.280. The average molecular weight is 259 g/mol. The van der Waals surface area contributed by atoms with Gasteiger partial charge in [-0.25, -0.2) is 0 Å². The Morgan fingerprint density at radius 3 is 2.41 bits per heavy atom. The predicted octanol–water partition coefficient (Wildman–Crippen LogP) is 1.38. The first-order valence-corrected chi connectivity index (χ1v) is 6.63. The molecule has 3 nitrogen and oxygen atoms in total. The van der Waals surface area contributed by atoms with Gasteiger partial charge in [-0.1, -0.05) is 0 Å². The van der Waals surface area contributed by atoms with E-state index in [1.54, 1.807) is 0 Å². The monoisotopic (exact) mass is 258 g/mol. The minimum absolute atomic E-state index is 0. The van der Waals surface area contributed by atoms with Gasteiger partial charge in [-0.05, 0) is 50.0 Å². The molecular formula is C13H23ClN2O. The van der Waals surface area contributed by atoms with Crippen LogP contribution in [-0.2, 0) is 4.79 Å². The van der Waals surface area contributed by atoms with Crippen molar-refractivity contribution in [2.45, 2.75) is 19.3 Å². The smallest absolute Gasteiger partial charge is 0.226 e. The molecule has 0 spiro atoms. The lowest BCUT2D eigenvalue weighted by Crippen LogP contribution is -2.35. The molecule has 0 aliphatic heterocycles. The molecular weight excluding hydrogens is 236 g/mol. The second-order valence-corrected chi connectivity index (χ2v) is 5.88. The van der Waals surface area contributed by atoms with Gasteiger partial charge in [0, 0.05) is 26.1 Å². The van der Waals surface area contributed by atoms with E-state index in [2.05, 4.69) is 5.32 Å². The second-order valence-electron chi connectivity index (χ2n) is 5.88. The van der Waals surface area contributed by atoms with E-state index in [-0.39, 0.29) is 12.4 Å². The first kappa shape index (κ1) is 13.2. The molecule has 3 aliphatic rings. The third kappa shape index (κ3) is 1.97. The molecule has 4 atom stereocenters. The van der Waals surface area contributed by atoms with Crippen LogP contribution in [0.4, 0.5) is 0 Å². The number of nitrogens with one attached hydrogen (secondary N) is 1. The van der Waals surface area contributed by atoms with Crippen LogP contribution < -0.4 is 5.32 Å². The summed E-state index contributed by atoms with van der Waals surface area (Å²) in [6.45, 7) is 1.75. The van der Waals surface area contributed by atoms with Crippen molar-refractivity contribution in [2.24, 2.45) is 29.6 Å². The molecule has 1 N–H and O–H groups in total. The number of fused-ring (bicyclic) bond motifs is 5. The van der Waals surface area contributed by atoms with E-state index in [0.29, 0.717) is 11.8 Å². The van der Waals surface area contributed by atoms with Gasteiger partial charge in [0.1, 0.15) is 0 Å². The topological polar surface area (TPSA) is 32.3 Å². The zero-order valence-electron chi connectivity index (χ0n) is 10.7. The van der Waals surface area contributed by atoms with E-state index in [1.165, 1.54) is 19.3 Å². The third-order valence-electron chi connectivity index (χ3n) is 5.09. The lowest BCUT2D eigenvalue weighted by molar-refractivity contribution is -0.132. The summed E-state index contributed by atoms with van der Waals surface area (Å²) in [5.41, 5.74) is 0. The van der Waals surface area contributed by atoms with Gasteiger partial charge in [0.15, 0.2) is 0 Å². The number of amides is 1. The number of hydrogen-bond donors (Lipinski definition) is 1. The highest BCUT2D eigenvalue weighted by Gasteiger charge is 2.67. The molecule has 0 saturated heterocycles. The molecule has 3 rings (SSSR count). The summed E-state index contributed by atoms with van der Waals surface area (Å²) in [6.07, 6.45) is 4.23. The average Bonchev–Trinajstić information content (AvgIpc) is 2.73. The van der Waals surface area contributed by atoms with Gasteiger partial charge in [0.25, 0.3) is 0 Å². The van der Waals surface area contributed by atoms with Gasteiger partial charge in [0.2, 0.25) is 5.91 Å². The number of likely N-dealkylation sites (N-methyl/N-ethyl adjacent to an activating group) is 2. The lowest BCUT2D eigenvalue weighted by Gasteiger charge is -2.18. The van der Waals surface area contributed by atoms with Crippen LogP contribution in [0.15, 0.2) is 0 Å². The van der Waals surface area contributed by atoms with Gasteiger partial charge in [-0.2, -0.15) is 0 Å². The van der Waals surface area contributed by atoms with Crippen molar-refractivity contribution in [3.05, 3.63) is 0 Å². The first-order chi connectivity index (χ1) is 7.74. The molecule has 3 saturated carbocycles. The summed E-state index contributed by atoms with van der Waals surface area (Å²) < 4.78 is 0. The van der Waals surface area contributed by atoms with Crippen LogP contribution in [0.5, 0.6) is 0 Å². The summed E-state index contributed by atoms with van der Waals surface area (Å²) in [6, 6.07) is 0. The summed E-state index contributed by atoms with van der Waals surface area (Å²) in [4.78, 5) is 14.2. The van der Waals surface area contributed by atoms with Crippen molar-refractivity contribution in [2.75, 3.05) is 27.2 Å².